The number of carbonyl (C=O) groups excluding carboxylic acids is 1. The molecule has 1 amide bonds. The minimum absolute atomic E-state index is 0.197. The predicted molar refractivity (Wildman–Crippen MR) is 95.5 cm³/mol. The summed E-state index contributed by atoms with van der Waals surface area (Å²) < 4.78 is 13.0. The van der Waals surface area contributed by atoms with E-state index in [1.165, 1.54) is 17.7 Å². The Hall–Kier alpha value is -1.72. The van der Waals surface area contributed by atoms with E-state index in [1.54, 1.807) is 11.3 Å². The van der Waals surface area contributed by atoms with E-state index in [0.29, 0.717) is 6.42 Å². The normalized spacial score (nSPS) is 16.1. The van der Waals surface area contributed by atoms with Crippen molar-refractivity contribution in [1.82, 2.24) is 9.80 Å². The maximum Gasteiger partial charge on any atom is 0.222 e. The predicted octanol–water partition coefficient (Wildman–Crippen LogP) is 3.55. The van der Waals surface area contributed by atoms with E-state index >= 15 is 0 Å². The van der Waals surface area contributed by atoms with Gasteiger partial charge in [0.05, 0.1) is 0 Å². The molecule has 2 aromatic rings. The van der Waals surface area contributed by atoms with Crippen LogP contribution in [-0.2, 0) is 17.8 Å². The standard InChI is InChI=1S/C19H23FN2OS/c20-18-5-2-16(3-6-18)14-21-9-1-10-22(12-11-21)19(23)7-4-17-8-13-24-15-17/h2-3,5-6,8,13,15H,1,4,7,9-12,14H2. The first kappa shape index (κ1) is 17.1. The lowest BCUT2D eigenvalue weighted by atomic mass is 10.2. The lowest BCUT2D eigenvalue weighted by Crippen LogP contribution is -2.35. The van der Waals surface area contributed by atoms with Crippen molar-refractivity contribution in [1.29, 1.82) is 0 Å². The third-order valence-electron chi connectivity index (χ3n) is 4.47. The molecule has 128 valence electrons. The maximum atomic E-state index is 13.0. The van der Waals surface area contributed by atoms with Gasteiger partial charge in [-0.25, -0.2) is 4.39 Å². The van der Waals surface area contributed by atoms with Crippen molar-refractivity contribution in [2.45, 2.75) is 25.8 Å². The molecule has 1 saturated heterocycles. The second kappa shape index (κ2) is 8.40. The summed E-state index contributed by atoms with van der Waals surface area (Å²) in [6.45, 7) is 4.29. The number of rotatable bonds is 5. The van der Waals surface area contributed by atoms with Crippen LogP contribution in [0.15, 0.2) is 41.1 Å². The Kier molecular flexibility index (Phi) is 5.99. The molecule has 24 heavy (non-hydrogen) atoms. The van der Waals surface area contributed by atoms with Gasteiger partial charge in [0, 0.05) is 39.1 Å². The van der Waals surface area contributed by atoms with Gasteiger partial charge in [0.25, 0.3) is 0 Å². The van der Waals surface area contributed by atoms with E-state index in [-0.39, 0.29) is 11.7 Å². The van der Waals surface area contributed by atoms with Crippen molar-refractivity contribution in [3.63, 3.8) is 0 Å². The van der Waals surface area contributed by atoms with Gasteiger partial charge in [0.1, 0.15) is 5.82 Å². The van der Waals surface area contributed by atoms with Gasteiger partial charge in [0.2, 0.25) is 5.91 Å². The molecule has 0 atom stereocenters. The number of nitrogens with zero attached hydrogens (tertiary/aromatic N) is 2. The Balaban J connectivity index is 1.47. The highest BCUT2D eigenvalue weighted by Gasteiger charge is 2.19. The molecular formula is C19H23FN2OS. The summed E-state index contributed by atoms with van der Waals surface area (Å²) in [5.41, 5.74) is 2.37. The van der Waals surface area contributed by atoms with Crippen LogP contribution in [0.4, 0.5) is 4.39 Å². The maximum absolute atomic E-state index is 13.0. The van der Waals surface area contributed by atoms with Crippen molar-refractivity contribution in [3.05, 3.63) is 58.0 Å². The van der Waals surface area contributed by atoms with Gasteiger partial charge in [-0.15, -0.1) is 0 Å². The van der Waals surface area contributed by atoms with Crippen molar-refractivity contribution in [2.75, 3.05) is 26.2 Å². The van der Waals surface area contributed by atoms with Crippen LogP contribution < -0.4 is 0 Å². The molecule has 5 heteroatoms. The van der Waals surface area contributed by atoms with Crippen molar-refractivity contribution in [2.24, 2.45) is 0 Å². The monoisotopic (exact) mass is 346 g/mol. The van der Waals surface area contributed by atoms with Gasteiger partial charge >= 0.3 is 0 Å². The molecule has 0 saturated carbocycles. The van der Waals surface area contributed by atoms with Crippen LogP contribution >= 0.6 is 11.3 Å². The summed E-state index contributed by atoms with van der Waals surface area (Å²) in [4.78, 5) is 16.8. The fraction of sp³-hybridized carbons (Fsp3) is 0.421. The number of halogens is 1. The molecule has 1 aromatic heterocycles. The summed E-state index contributed by atoms with van der Waals surface area (Å²) in [5.74, 6) is 0.0573. The van der Waals surface area contributed by atoms with E-state index in [1.807, 2.05) is 17.0 Å². The summed E-state index contributed by atoms with van der Waals surface area (Å²) in [7, 11) is 0. The topological polar surface area (TPSA) is 23.6 Å². The van der Waals surface area contributed by atoms with Gasteiger partial charge in [-0.1, -0.05) is 12.1 Å². The second-order valence-electron chi connectivity index (χ2n) is 6.27. The van der Waals surface area contributed by atoms with Gasteiger partial charge < -0.3 is 4.90 Å². The lowest BCUT2D eigenvalue weighted by molar-refractivity contribution is -0.131. The van der Waals surface area contributed by atoms with Gasteiger partial charge in [-0.05, 0) is 52.9 Å². The Morgan fingerprint density at radius 2 is 1.88 bits per heavy atom. The molecule has 0 aliphatic carbocycles. The summed E-state index contributed by atoms with van der Waals surface area (Å²) >= 11 is 1.68. The molecule has 0 radical (unpaired) electrons. The van der Waals surface area contributed by atoms with Crippen LogP contribution in [0.5, 0.6) is 0 Å². The van der Waals surface area contributed by atoms with Gasteiger partial charge in [-0.2, -0.15) is 11.3 Å². The van der Waals surface area contributed by atoms with Crippen LogP contribution in [0.2, 0.25) is 0 Å². The summed E-state index contributed by atoms with van der Waals surface area (Å²) in [6, 6.07) is 8.78. The van der Waals surface area contributed by atoms with Crippen molar-refractivity contribution >= 4 is 17.2 Å². The minimum Gasteiger partial charge on any atom is -0.341 e. The molecule has 2 heterocycles. The molecule has 0 spiro atoms. The number of amides is 1. The number of benzene rings is 1. The number of hydrogen-bond acceptors (Lipinski definition) is 3. The zero-order valence-corrected chi connectivity index (χ0v) is 14.6. The molecule has 0 N–H and O–H groups in total. The smallest absolute Gasteiger partial charge is 0.222 e. The molecule has 3 rings (SSSR count). The van der Waals surface area contributed by atoms with Crippen LogP contribution in [0.3, 0.4) is 0 Å². The van der Waals surface area contributed by atoms with Crippen LogP contribution in [-0.4, -0.2) is 41.9 Å². The zero-order chi connectivity index (χ0) is 16.8. The Labute approximate surface area is 146 Å². The first-order valence-corrected chi connectivity index (χ1v) is 9.40. The lowest BCUT2D eigenvalue weighted by Gasteiger charge is -2.22. The molecule has 1 aliphatic rings. The molecule has 0 bridgehead atoms. The molecule has 0 unspecified atom stereocenters. The van der Waals surface area contributed by atoms with E-state index in [4.69, 9.17) is 0 Å². The van der Waals surface area contributed by atoms with E-state index in [9.17, 15) is 9.18 Å². The third-order valence-corrected chi connectivity index (χ3v) is 5.20. The van der Waals surface area contributed by atoms with Crippen LogP contribution in [0.1, 0.15) is 24.0 Å². The van der Waals surface area contributed by atoms with Crippen LogP contribution in [0.25, 0.3) is 0 Å². The van der Waals surface area contributed by atoms with E-state index in [2.05, 4.69) is 21.7 Å². The minimum atomic E-state index is -0.197. The highest BCUT2D eigenvalue weighted by Crippen LogP contribution is 2.13. The highest BCUT2D eigenvalue weighted by molar-refractivity contribution is 7.07. The number of carbonyl (C=O) groups is 1. The molecule has 1 aliphatic heterocycles. The Morgan fingerprint density at radius 3 is 2.62 bits per heavy atom. The fourth-order valence-corrected chi connectivity index (χ4v) is 3.77. The van der Waals surface area contributed by atoms with Crippen molar-refractivity contribution in [3.8, 4) is 0 Å². The van der Waals surface area contributed by atoms with E-state index in [0.717, 1.165) is 51.1 Å². The molecule has 1 aromatic carbocycles. The quantitative estimate of drug-likeness (QED) is 0.826. The first-order chi connectivity index (χ1) is 11.7. The van der Waals surface area contributed by atoms with Crippen molar-refractivity contribution < 1.29 is 9.18 Å². The zero-order valence-electron chi connectivity index (χ0n) is 13.8. The summed E-state index contributed by atoms with van der Waals surface area (Å²) in [5, 5.41) is 4.17. The molecule has 1 fully saturated rings. The second-order valence-corrected chi connectivity index (χ2v) is 7.05. The summed E-state index contributed by atoms with van der Waals surface area (Å²) in [6.07, 6.45) is 2.41. The van der Waals surface area contributed by atoms with Gasteiger partial charge in [-0.3, -0.25) is 9.69 Å². The molecular weight excluding hydrogens is 323 g/mol. The van der Waals surface area contributed by atoms with E-state index < -0.39 is 0 Å². The first-order valence-electron chi connectivity index (χ1n) is 8.46. The fourth-order valence-electron chi connectivity index (χ4n) is 3.07. The average molecular weight is 346 g/mol. The highest BCUT2D eigenvalue weighted by atomic mass is 32.1. The SMILES string of the molecule is O=C(CCc1ccsc1)N1CCCN(Cc2ccc(F)cc2)CC1. The van der Waals surface area contributed by atoms with Gasteiger partial charge in [0.15, 0.2) is 0 Å². The number of thiophene rings is 1. The van der Waals surface area contributed by atoms with Crippen LogP contribution in [0, 0.1) is 5.82 Å². The average Bonchev–Trinajstić information content (AvgIpc) is 3.00. The Bertz CT molecular complexity index is 642. The largest absolute Gasteiger partial charge is 0.341 e. The Morgan fingerprint density at radius 1 is 1.04 bits per heavy atom. The number of hydrogen-bond donors (Lipinski definition) is 0. The molecule has 3 nitrogen and oxygen atoms in total. The number of aryl methyl sites for hydroxylation is 1. The third kappa shape index (κ3) is 4.89.